The summed E-state index contributed by atoms with van der Waals surface area (Å²) in [5.41, 5.74) is -0.916. The minimum absolute atomic E-state index is 0.0359. The lowest BCUT2D eigenvalue weighted by molar-refractivity contribution is -0.141. The van der Waals surface area contributed by atoms with E-state index in [0.717, 1.165) is 37.9 Å². The molecule has 102 valence electrons. The molecule has 1 N–H and O–H groups in total. The van der Waals surface area contributed by atoms with Crippen molar-refractivity contribution < 1.29 is 13.2 Å². The van der Waals surface area contributed by atoms with E-state index in [1.165, 1.54) is 0 Å². The highest BCUT2D eigenvalue weighted by molar-refractivity contribution is 5.27. The van der Waals surface area contributed by atoms with E-state index in [9.17, 15) is 13.2 Å². The summed E-state index contributed by atoms with van der Waals surface area (Å²) >= 11 is 0. The summed E-state index contributed by atoms with van der Waals surface area (Å²) in [5, 5.41) is 2.89. The Balaban J connectivity index is 2.57. The van der Waals surface area contributed by atoms with E-state index in [1.54, 1.807) is 0 Å². The molecular weight excluding hydrogens is 243 g/mol. The van der Waals surface area contributed by atoms with Gasteiger partial charge in [0.25, 0.3) is 0 Å². The van der Waals surface area contributed by atoms with Gasteiger partial charge in [-0.15, -0.1) is 0 Å². The van der Waals surface area contributed by atoms with Gasteiger partial charge in [-0.1, -0.05) is 26.2 Å². The quantitative estimate of drug-likeness (QED) is 0.790. The Hall–Kier alpha value is -1.33. The second-order valence-corrected chi connectivity index (χ2v) is 4.30. The van der Waals surface area contributed by atoms with Gasteiger partial charge in [-0.05, 0) is 19.4 Å². The Morgan fingerprint density at radius 1 is 1.33 bits per heavy atom. The van der Waals surface area contributed by atoms with Gasteiger partial charge in [0.2, 0.25) is 5.95 Å². The van der Waals surface area contributed by atoms with Crippen LogP contribution in [0.15, 0.2) is 12.3 Å². The number of alkyl halides is 3. The number of nitrogens with one attached hydrogen (secondary N) is 1. The fourth-order valence-electron chi connectivity index (χ4n) is 1.58. The van der Waals surface area contributed by atoms with Gasteiger partial charge in [0.15, 0.2) is 0 Å². The van der Waals surface area contributed by atoms with E-state index in [4.69, 9.17) is 0 Å². The van der Waals surface area contributed by atoms with Crippen LogP contribution in [0.25, 0.3) is 0 Å². The van der Waals surface area contributed by atoms with Gasteiger partial charge >= 0.3 is 6.18 Å². The third-order valence-corrected chi connectivity index (χ3v) is 2.56. The van der Waals surface area contributed by atoms with Crippen molar-refractivity contribution in [1.29, 1.82) is 0 Å². The maximum absolute atomic E-state index is 12.4. The first-order valence-corrected chi connectivity index (χ1v) is 6.10. The third-order valence-electron chi connectivity index (χ3n) is 2.56. The molecule has 0 amide bonds. The maximum Gasteiger partial charge on any atom is 0.433 e. The molecule has 1 unspecified atom stereocenters. The van der Waals surface area contributed by atoms with Gasteiger partial charge in [-0.2, -0.15) is 13.2 Å². The first-order valence-electron chi connectivity index (χ1n) is 6.10. The molecule has 0 aliphatic heterocycles. The smallest absolute Gasteiger partial charge is 0.352 e. The van der Waals surface area contributed by atoms with E-state index in [1.807, 2.05) is 6.92 Å². The molecule has 0 aliphatic rings. The van der Waals surface area contributed by atoms with Crippen LogP contribution >= 0.6 is 0 Å². The van der Waals surface area contributed by atoms with E-state index >= 15 is 0 Å². The molecule has 0 radical (unpaired) electrons. The fraction of sp³-hybridized carbons (Fsp3) is 0.667. The minimum Gasteiger partial charge on any atom is -0.352 e. The van der Waals surface area contributed by atoms with Gasteiger partial charge in [0.05, 0.1) is 0 Å². The van der Waals surface area contributed by atoms with Crippen molar-refractivity contribution in [1.82, 2.24) is 9.97 Å². The normalized spacial score (nSPS) is 13.4. The average Bonchev–Trinajstić information content (AvgIpc) is 2.28. The van der Waals surface area contributed by atoms with E-state index in [0.29, 0.717) is 0 Å². The highest BCUT2D eigenvalue weighted by Crippen LogP contribution is 2.27. The van der Waals surface area contributed by atoms with Crippen LogP contribution in [0, 0.1) is 0 Å². The predicted molar refractivity (Wildman–Crippen MR) is 64.3 cm³/mol. The summed E-state index contributed by atoms with van der Waals surface area (Å²) in [6.07, 6.45) is 0.876. The summed E-state index contributed by atoms with van der Waals surface area (Å²) < 4.78 is 37.3. The van der Waals surface area contributed by atoms with Crippen molar-refractivity contribution in [2.75, 3.05) is 5.32 Å². The fourth-order valence-corrected chi connectivity index (χ4v) is 1.58. The Morgan fingerprint density at radius 3 is 2.67 bits per heavy atom. The first-order chi connectivity index (χ1) is 8.43. The molecule has 0 saturated heterocycles. The van der Waals surface area contributed by atoms with Crippen LogP contribution in [0.3, 0.4) is 0 Å². The minimum atomic E-state index is -4.43. The lowest BCUT2D eigenvalue weighted by Gasteiger charge is -2.14. The van der Waals surface area contributed by atoms with E-state index < -0.39 is 11.9 Å². The number of hydrogen-bond donors (Lipinski definition) is 1. The molecule has 1 aromatic rings. The van der Waals surface area contributed by atoms with Crippen molar-refractivity contribution in [2.24, 2.45) is 0 Å². The zero-order valence-corrected chi connectivity index (χ0v) is 10.6. The van der Waals surface area contributed by atoms with E-state index in [-0.39, 0.29) is 12.0 Å². The average molecular weight is 261 g/mol. The Kier molecular flexibility index (Phi) is 5.37. The van der Waals surface area contributed by atoms with Crippen LogP contribution in [-0.4, -0.2) is 16.0 Å². The molecule has 0 bridgehead atoms. The number of unbranched alkanes of at least 4 members (excludes halogenated alkanes) is 2. The summed E-state index contributed by atoms with van der Waals surface area (Å²) in [4.78, 5) is 7.26. The van der Waals surface area contributed by atoms with Crippen LogP contribution in [-0.2, 0) is 6.18 Å². The van der Waals surface area contributed by atoms with Gasteiger partial charge in [-0.3, -0.25) is 0 Å². The Bertz CT molecular complexity index is 366. The number of rotatable bonds is 6. The van der Waals surface area contributed by atoms with E-state index in [2.05, 4.69) is 22.2 Å². The molecule has 3 nitrogen and oxygen atoms in total. The third kappa shape index (κ3) is 4.89. The largest absolute Gasteiger partial charge is 0.433 e. The summed E-state index contributed by atoms with van der Waals surface area (Å²) in [6, 6.07) is 0.937. The molecule has 18 heavy (non-hydrogen) atoms. The highest BCUT2D eigenvalue weighted by Gasteiger charge is 2.32. The number of hydrogen-bond acceptors (Lipinski definition) is 3. The van der Waals surface area contributed by atoms with Crippen molar-refractivity contribution in [3.63, 3.8) is 0 Å². The monoisotopic (exact) mass is 261 g/mol. The zero-order valence-electron chi connectivity index (χ0n) is 10.6. The molecule has 0 aromatic carbocycles. The van der Waals surface area contributed by atoms with Gasteiger partial charge in [0, 0.05) is 12.2 Å². The summed E-state index contributed by atoms with van der Waals surface area (Å²) in [7, 11) is 0. The van der Waals surface area contributed by atoms with Gasteiger partial charge < -0.3 is 5.32 Å². The van der Waals surface area contributed by atoms with Crippen LogP contribution in [0.1, 0.15) is 45.2 Å². The molecule has 0 saturated carbocycles. The molecule has 0 fully saturated rings. The molecule has 1 rings (SSSR count). The zero-order chi connectivity index (χ0) is 13.6. The molecule has 0 aliphatic carbocycles. The SMILES string of the molecule is CCCCCC(C)Nc1nccc(C(F)(F)F)n1. The van der Waals surface area contributed by atoms with Crippen LogP contribution in [0.2, 0.25) is 0 Å². The second-order valence-electron chi connectivity index (χ2n) is 4.30. The predicted octanol–water partition coefficient (Wildman–Crippen LogP) is 3.88. The highest BCUT2D eigenvalue weighted by atomic mass is 19.4. The van der Waals surface area contributed by atoms with Crippen molar-refractivity contribution in [3.8, 4) is 0 Å². The lowest BCUT2D eigenvalue weighted by Crippen LogP contribution is -2.18. The summed E-state index contributed by atoms with van der Waals surface area (Å²) in [5.74, 6) is 0.0359. The maximum atomic E-state index is 12.4. The molecule has 6 heteroatoms. The number of anilines is 1. The lowest BCUT2D eigenvalue weighted by atomic mass is 10.1. The van der Waals surface area contributed by atoms with Gasteiger partial charge in [0.1, 0.15) is 5.69 Å². The van der Waals surface area contributed by atoms with Crippen LogP contribution in [0.5, 0.6) is 0 Å². The molecule has 1 aromatic heterocycles. The summed E-state index contributed by atoms with van der Waals surface area (Å²) in [6.45, 7) is 4.02. The number of aromatic nitrogens is 2. The van der Waals surface area contributed by atoms with Gasteiger partial charge in [-0.25, -0.2) is 9.97 Å². The topological polar surface area (TPSA) is 37.8 Å². The number of halogens is 3. The Morgan fingerprint density at radius 2 is 2.06 bits per heavy atom. The second kappa shape index (κ2) is 6.56. The van der Waals surface area contributed by atoms with Crippen LogP contribution in [0.4, 0.5) is 19.1 Å². The van der Waals surface area contributed by atoms with Crippen molar-refractivity contribution >= 4 is 5.95 Å². The van der Waals surface area contributed by atoms with Crippen molar-refractivity contribution in [3.05, 3.63) is 18.0 Å². The molecular formula is C12H18F3N3. The molecule has 1 heterocycles. The standard InChI is InChI=1S/C12H18F3N3/c1-3-4-5-6-9(2)17-11-16-8-7-10(18-11)12(13,14)15/h7-9H,3-6H2,1-2H3,(H,16,17,18). The van der Waals surface area contributed by atoms with Crippen molar-refractivity contribution in [2.45, 2.75) is 51.7 Å². The molecule has 0 spiro atoms. The number of nitrogens with zero attached hydrogens (tertiary/aromatic N) is 2. The Labute approximate surface area is 105 Å². The first kappa shape index (κ1) is 14.7. The molecule has 1 atom stereocenters. The van der Waals surface area contributed by atoms with Crippen LogP contribution < -0.4 is 5.32 Å².